The molecule has 0 spiro atoms. The third-order valence-corrected chi connectivity index (χ3v) is 1.49. The van der Waals surface area contributed by atoms with Crippen LogP contribution in [0.2, 0.25) is 0 Å². The van der Waals surface area contributed by atoms with E-state index in [1.807, 2.05) is 0 Å². The SMILES string of the molecule is Oc1cccnc1-n1cccn1.[AlH3]. The highest BCUT2D eigenvalue weighted by Gasteiger charge is 2.01. The highest BCUT2D eigenvalue weighted by atomic mass is 27.0. The van der Waals surface area contributed by atoms with Crippen molar-refractivity contribution in [1.29, 1.82) is 0 Å². The van der Waals surface area contributed by atoms with Gasteiger partial charge in [-0.3, -0.25) is 0 Å². The Balaban J connectivity index is 0.000000845. The molecule has 0 aromatic carbocycles. The third-order valence-electron chi connectivity index (χ3n) is 1.49. The molecule has 0 bridgehead atoms. The number of nitrogens with zero attached hydrogens (tertiary/aromatic N) is 3. The van der Waals surface area contributed by atoms with E-state index in [9.17, 15) is 5.11 Å². The molecule has 2 heterocycles. The number of aromatic nitrogens is 3. The number of aromatic hydroxyl groups is 1. The van der Waals surface area contributed by atoms with E-state index in [0.29, 0.717) is 5.82 Å². The second-order valence-electron chi connectivity index (χ2n) is 2.30. The van der Waals surface area contributed by atoms with Gasteiger partial charge in [-0.1, -0.05) is 0 Å². The number of hydrogen-bond donors (Lipinski definition) is 1. The standard InChI is InChI=1S/C8H7N3O.Al.3H/c12-7-3-1-4-9-8(7)11-6-2-5-10-11;;;;/h1-6,12H;;;;. The summed E-state index contributed by atoms with van der Waals surface area (Å²) in [6.07, 6.45) is 4.97. The maximum atomic E-state index is 9.36. The summed E-state index contributed by atoms with van der Waals surface area (Å²) < 4.78 is 1.51. The van der Waals surface area contributed by atoms with Gasteiger partial charge in [-0.25, -0.2) is 9.67 Å². The van der Waals surface area contributed by atoms with Gasteiger partial charge in [-0.15, -0.1) is 0 Å². The van der Waals surface area contributed by atoms with Crippen LogP contribution in [0.5, 0.6) is 5.75 Å². The van der Waals surface area contributed by atoms with Crippen LogP contribution < -0.4 is 0 Å². The summed E-state index contributed by atoms with van der Waals surface area (Å²) in [5.41, 5.74) is 0. The zero-order valence-electron chi connectivity index (χ0n) is 6.25. The van der Waals surface area contributed by atoms with Crippen molar-refractivity contribution in [2.75, 3.05) is 0 Å². The van der Waals surface area contributed by atoms with Crippen molar-refractivity contribution in [3.8, 4) is 11.6 Å². The lowest BCUT2D eigenvalue weighted by Gasteiger charge is -2.00. The van der Waals surface area contributed by atoms with Crippen molar-refractivity contribution in [1.82, 2.24) is 14.8 Å². The normalized spacial score (nSPS) is 9.23. The summed E-state index contributed by atoms with van der Waals surface area (Å²) in [4.78, 5) is 3.97. The van der Waals surface area contributed by atoms with Crippen molar-refractivity contribution >= 4 is 17.4 Å². The second-order valence-corrected chi connectivity index (χ2v) is 2.30. The van der Waals surface area contributed by atoms with E-state index >= 15 is 0 Å². The van der Waals surface area contributed by atoms with Gasteiger partial charge < -0.3 is 5.11 Å². The van der Waals surface area contributed by atoms with Crippen LogP contribution in [0, 0.1) is 0 Å². The second kappa shape index (κ2) is 4.08. The number of rotatable bonds is 1. The molecule has 0 aliphatic rings. The fourth-order valence-corrected chi connectivity index (χ4v) is 0.959. The zero-order chi connectivity index (χ0) is 8.39. The van der Waals surface area contributed by atoms with Crippen LogP contribution in [-0.4, -0.2) is 37.2 Å². The van der Waals surface area contributed by atoms with E-state index < -0.39 is 0 Å². The Kier molecular flexibility index (Phi) is 3.07. The molecular weight excluding hydrogens is 181 g/mol. The van der Waals surface area contributed by atoms with Crippen LogP contribution in [0.15, 0.2) is 36.8 Å². The lowest BCUT2D eigenvalue weighted by Crippen LogP contribution is -1.96. The predicted octanol–water partition coefficient (Wildman–Crippen LogP) is -0.211. The lowest BCUT2D eigenvalue weighted by atomic mass is 10.4. The summed E-state index contributed by atoms with van der Waals surface area (Å²) >= 11 is 0. The Bertz CT molecular complexity index is 375. The van der Waals surface area contributed by atoms with Gasteiger partial charge in [0.15, 0.2) is 28.9 Å². The molecule has 0 saturated carbocycles. The van der Waals surface area contributed by atoms with Gasteiger partial charge in [0.25, 0.3) is 0 Å². The molecule has 5 heteroatoms. The molecule has 0 atom stereocenters. The molecule has 0 fully saturated rings. The molecule has 2 aromatic heterocycles. The average Bonchev–Trinajstić information content (AvgIpc) is 2.57. The van der Waals surface area contributed by atoms with Gasteiger partial charge in [-0.2, -0.15) is 5.10 Å². The Morgan fingerprint density at radius 1 is 1.23 bits per heavy atom. The van der Waals surface area contributed by atoms with Crippen LogP contribution in [-0.2, 0) is 0 Å². The van der Waals surface area contributed by atoms with E-state index in [-0.39, 0.29) is 23.1 Å². The van der Waals surface area contributed by atoms with Crippen molar-refractivity contribution in [3.05, 3.63) is 36.8 Å². The smallest absolute Gasteiger partial charge is 0.195 e. The van der Waals surface area contributed by atoms with E-state index in [1.165, 1.54) is 4.68 Å². The largest absolute Gasteiger partial charge is 0.504 e. The van der Waals surface area contributed by atoms with Crippen LogP contribution in [0.1, 0.15) is 0 Å². The monoisotopic (exact) mass is 191 g/mol. The fraction of sp³-hybridized carbons (Fsp3) is 0. The molecule has 0 aliphatic carbocycles. The molecule has 0 aliphatic heterocycles. The Hall–Kier alpha value is -1.31. The van der Waals surface area contributed by atoms with Crippen LogP contribution in [0.25, 0.3) is 5.82 Å². The zero-order valence-corrected chi connectivity index (χ0v) is 6.25. The summed E-state index contributed by atoms with van der Waals surface area (Å²) in [7, 11) is 0. The van der Waals surface area contributed by atoms with Crippen LogP contribution in [0.4, 0.5) is 0 Å². The molecule has 4 nitrogen and oxygen atoms in total. The summed E-state index contributed by atoms with van der Waals surface area (Å²) in [6.45, 7) is 0. The molecule has 0 saturated heterocycles. The minimum Gasteiger partial charge on any atom is -0.504 e. The number of hydrogen-bond acceptors (Lipinski definition) is 3. The van der Waals surface area contributed by atoms with Gasteiger partial charge in [0.2, 0.25) is 0 Å². The van der Waals surface area contributed by atoms with Gasteiger partial charge in [0.1, 0.15) is 0 Å². The maximum absolute atomic E-state index is 9.36. The van der Waals surface area contributed by atoms with Gasteiger partial charge in [-0.05, 0) is 18.2 Å². The van der Waals surface area contributed by atoms with Gasteiger partial charge in [0.05, 0.1) is 0 Å². The molecule has 2 rings (SSSR count). The number of pyridine rings is 1. The molecule has 1 N–H and O–H groups in total. The Morgan fingerprint density at radius 2 is 2.08 bits per heavy atom. The maximum Gasteiger partial charge on any atom is 0.195 e. The average molecular weight is 191 g/mol. The van der Waals surface area contributed by atoms with Gasteiger partial charge >= 0.3 is 0 Å². The summed E-state index contributed by atoms with van der Waals surface area (Å²) in [5, 5.41) is 13.3. The van der Waals surface area contributed by atoms with Gasteiger partial charge in [0, 0.05) is 18.6 Å². The molecule has 0 amide bonds. The highest BCUT2D eigenvalue weighted by molar-refractivity contribution is 5.75. The molecule has 0 radical (unpaired) electrons. The van der Waals surface area contributed by atoms with Crippen LogP contribution in [0.3, 0.4) is 0 Å². The van der Waals surface area contributed by atoms with E-state index in [1.54, 1.807) is 36.8 Å². The van der Waals surface area contributed by atoms with Crippen molar-refractivity contribution < 1.29 is 5.11 Å². The molecule has 2 aromatic rings. The Labute approximate surface area is 86.0 Å². The van der Waals surface area contributed by atoms with Crippen molar-refractivity contribution in [2.24, 2.45) is 0 Å². The van der Waals surface area contributed by atoms with E-state index in [4.69, 9.17) is 0 Å². The first-order valence-corrected chi connectivity index (χ1v) is 3.52. The quantitative estimate of drug-likeness (QED) is 0.634. The Morgan fingerprint density at radius 3 is 2.69 bits per heavy atom. The summed E-state index contributed by atoms with van der Waals surface area (Å²) in [5.74, 6) is 0.573. The first-order valence-electron chi connectivity index (χ1n) is 3.52. The summed E-state index contributed by atoms with van der Waals surface area (Å²) in [6, 6.07) is 5.01. The lowest BCUT2D eigenvalue weighted by molar-refractivity contribution is 0.467. The highest BCUT2D eigenvalue weighted by Crippen LogP contribution is 2.15. The minimum atomic E-state index is 0. The van der Waals surface area contributed by atoms with E-state index in [2.05, 4.69) is 10.1 Å². The third kappa shape index (κ3) is 1.89. The topological polar surface area (TPSA) is 50.9 Å². The molecule has 0 unspecified atom stereocenters. The minimum absolute atomic E-state index is 0. The van der Waals surface area contributed by atoms with Crippen molar-refractivity contribution in [2.45, 2.75) is 0 Å². The van der Waals surface area contributed by atoms with Crippen LogP contribution >= 0.6 is 0 Å². The fourth-order valence-electron chi connectivity index (χ4n) is 0.959. The first kappa shape index (κ1) is 9.78. The van der Waals surface area contributed by atoms with Crippen molar-refractivity contribution in [3.63, 3.8) is 0 Å². The first-order chi connectivity index (χ1) is 5.88. The predicted molar refractivity (Wildman–Crippen MR) is 53.0 cm³/mol. The molecule has 66 valence electrons. The molecule has 13 heavy (non-hydrogen) atoms. The van der Waals surface area contributed by atoms with E-state index in [0.717, 1.165) is 0 Å². The molecular formula is C8H10AlN3O.